The Morgan fingerprint density at radius 1 is 1.11 bits per heavy atom. The highest BCUT2D eigenvalue weighted by Gasteiger charge is 2.46. The Hall–Kier alpha value is -1.32. The van der Waals surface area contributed by atoms with E-state index >= 15 is 0 Å². The van der Waals surface area contributed by atoms with Gasteiger partial charge in [-0.05, 0) is 26.7 Å². The van der Waals surface area contributed by atoms with Gasteiger partial charge in [0.25, 0.3) is 0 Å². The fraction of sp³-hybridized carbons (Fsp3) is 0.714. The minimum absolute atomic E-state index is 0.328. The summed E-state index contributed by atoms with van der Waals surface area (Å²) < 4.78 is 9.60. The number of hydrogen-bond donors (Lipinski definition) is 0. The second kappa shape index (κ2) is 7.90. The number of carbonyl (C=O) groups is 2. The Morgan fingerprint density at radius 3 is 1.94 bits per heavy atom. The topological polar surface area (TPSA) is 52.6 Å². The van der Waals surface area contributed by atoms with Crippen molar-refractivity contribution in [3.8, 4) is 0 Å². The van der Waals surface area contributed by atoms with E-state index in [2.05, 4.69) is 0 Å². The lowest BCUT2D eigenvalue weighted by Crippen LogP contribution is -2.41. The first-order valence-electron chi connectivity index (χ1n) is 6.24. The number of allylic oxidation sites excluding steroid dienone is 2. The van der Waals surface area contributed by atoms with E-state index in [9.17, 15) is 9.59 Å². The van der Waals surface area contributed by atoms with Crippen molar-refractivity contribution in [2.75, 3.05) is 14.2 Å². The smallest absolute Gasteiger partial charge is 0.323 e. The average molecular weight is 256 g/mol. The van der Waals surface area contributed by atoms with Gasteiger partial charge in [-0.2, -0.15) is 0 Å². The van der Waals surface area contributed by atoms with Gasteiger partial charge in [-0.15, -0.1) is 0 Å². The molecule has 4 heteroatoms. The Labute approximate surface area is 109 Å². The molecule has 0 aromatic carbocycles. The zero-order valence-electron chi connectivity index (χ0n) is 12.0. The van der Waals surface area contributed by atoms with Crippen LogP contribution in [0.3, 0.4) is 0 Å². The van der Waals surface area contributed by atoms with E-state index in [1.165, 1.54) is 14.2 Å². The molecular formula is C14H24O4. The maximum absolute atomic E-state index is 12.0. The molecule has 0 rings (SSSR count). The van der Waals surface area contributed by atoms with Crippen molar-refractivity contribution >= 4 is 11.9 Å². The maximum atomic E-state index is 12.0. The van der Waals surface area contributed by atoms with Crippen LogP contribution in [0.15, 0.2) is 11.6 Å². The maximum Gasteiger partial charge on any atom is 0.323 e. The van der Waals surface area contributed by atoms with E-state index < -0.39 is 17.4 Å². The van der Waals surface area contributed by atoms with Crippen LogP contribution >= 0.6 is 0 Å². The molecule has 104 valence electrons. The first kappa shape index (κ1) is 16.7. The summed E-state index contributed by atoms with van der Waals surface area (Å²) in [6.45, 7) is 5.87. The molecule has 0 N–H and O–H groups in total. The first-order chi connectivity index (χ1) is 8.44. The van der Waals surface area contributed by atoms with Crippen LogP contribution in [-0.4, -0.2) is 26.2 Å². The fourth-order valence-corrected chi connectivity index (χ4v) is 1.80. The molecule has 0 aliphatic rings. The number of esters is 2. The van der Waals surface area contributed by atoms with Crippen molar-refractivity contribution in [1.29, 1.82) is 0 Å². The predicted molar refractivity (Wildman–Crippen MR) is 70.0 cm³/mol. The monoisotopic (exact) mass is 256 g/mol. The second-order valence-corrected chi connectivity index (χ2v) is 4.65. The molecule has 0 aromatic heterocycles. The lowest BCUT2D eigenvalue weighted by atomic mass is 9.79. The highest BCUT2D eigenvalue weighted by atomic mass is 16.5. The molecule has 0 bridgehead atoms. The summed E-state index contributed by atoms with van der Waals surface area (Å²) in [5.74, 6) is -1.03. The van der Waals surface area contributed by atoms with Gasteiger partial charge >= 0.3 is 11.9 Å². The quantitative estimate of drug-likeness (QED) is 0.399. The SMILES string of the molecule is CCCCC(CC=C(C)C)(C(=O)OC)C(=O)OC. The normalized spacial score (nSPS) is 10.7. The van der Waals surface area contributed by atoms with Gasteiger partial charge in [-0.25, -0.2) is 0 Å². The summed E-state index contributed by atoms with van der Waals surface area (Å²) in [7, 11) is 2.60. The second-order valence-electron chi connectivity index (χ2n) is 4.65. The summed E-state index contributed by atoms with van der Waals surface area (Å²) in [5.41, 5.74) is -0.139. The van der Waals surface area contributed by atoms with Crippen LogP contribution in [0.5, 0.6) is 0 Å². The Balaban J connectivity index is 5.31. The molecule has 0 atom stereocenters. The van der Waals surface area contributed by atoms with Crippen molar-refractivity contribution in [3.05, 3.63) is 11.6 Å². The van der Waals surface area contributed by atoms with Gasteiger partial charge in [0.05, 0.1) is 14.2 Å². The van der Waals surface area contributed by atoms with Gasteiger partial charge in [-0.1, -0.05) is 31.4 Å². The number of carbonyl (C=O) groups excluding carboxylic acids is 2. The molecule has 0 saturated carbocycles. The van der Waals surface area contributed by atoms with Gasteiger partial charge < -0.3 is 9.47 Å². The number of methoxy groups -OCH3 is 2. The van der Waals surface area contributed by atoms with Crippen LogP contribution in [0, 0.1) is 5.41 Å². The minimum atomic E-state index is -1.20. The van der Waals surface area contributed by atoms with Crippen LogP contribution < -0.4 is 0 Å². The van der Waals surface area contributed by atoms with Crippen LogP contribution in [0.4, 0.5) is 0 Å². The van der Waals surface area contributed by atoms with Crippen LogP contribution in [0.25, 0.3) is 0 Å². The van der Waals surface area contributed by atoms with E-state index in [1.807, 2.05) is 26.8 Å². The molecule has 0 heterocycles. The zero-order valence-corrected chi connectivity index (χ0v) is 12.0. The molecule has 0 radical (unpaired) electrons. The number of unbranched alkanes of at least 4 members (excludes halogenated alkanes) is 1. The lowest BCUT2D eigenvalue weighted by molar-refractivity contribution is -0.169. The van der Waals surface area contributed by atoms with Gasteiger partial charge in [0.1, 0.15) is 0 Å². The third-order valence-electron chi connectivity index (χ3n) is 2.97. The number of ether oxygens (including phenoxy) is 2. The van der Waals surface area contributed by atoms with Crippen molar-refractivity contribution < 1.29 is 19.1 Å². The standard InChI is InChI=1S/C14H24O4/c1-6-7-9-14(12(15)17-4,13(16)18-5)10-8-11(2)3/h8H,6-7,9-10H2,1-5H3. The number of rotatable bonds is 7. The third kappa shape index (κ3) is 4.17. The molecule has 0 fully saturated rings. The fourth-order valence-electron chi connectivity index (χ4n) is 1.80. The van der Waals surface area contributed by atoms with E-state index in [1.54, 1.807) is 0 Å². The molecule has 0 spiro atoms. The highest BCUT2D eigenvalue weighted by Crippen LogP contribution is 2.33. The largest absolute Gasteiger partial charge is 0.468 e. The van der Waals surface area contributed by atoms with Crippen molar-refractivity contribution in [1.82, 2.24) is 0 Å². The van der Waals surface area contributed by atoms with Crippen LogP contribution in [0.1, 0.15) is 46.5 Å². The van der Waals surface area contributed by atoms with Crippen molar-refractivity contribution in [3.63, 3.8) is 0 Å². The average Bonchev–Trinajstić information content (AvgIpc) is 2.37. The minimum Gasteiger partial charge on any atom is -0.468 e. The van der Waals surface area contributed by atoms with E-state index in [4.69, 9.17) is 9.47 Å². The molecule has 18 heavy (non-hydrogen) atoms. The van der Waals surface area contributed by atoms with E-state index in [0.717, 1.165) is 18.4 Å². The molecule has 0 amide bonds. The van der Waals surface area contributed by atoms with Crippen molar-refractivity contribution in [2.45, 2.75) is 46.5 Å². The summed E-state index contributed by atoms with van der Waals surface area (Å²) in [5, 5.41) is 0. The van der Waals surface area contributed by atoms with E-state index in [-0.39, 0.29) is 0 Å². The van der Waals surface area contributed by atoms with Crippen LogP contribution in [-0.2, 0) is 19.1 Å². The van der Waals surface area contributed by atoms with Gasteiger partial charge in [0.15, 0.2) is 5.41 Å². The summed E-state index contributed by atoms with van der Waals surface area (Å²) in [6.07, 6.45) is 4.34. The Kier molecular flexibility index (Phi) is 7.32. The zero-order chi connectivity index (χ0) is 14.2. The van der Waals surface area contributed by atoms with Gasteiger partial charge in [0.2, 0.25) is 0 Å². The first-order valence-corrected chi connectivity index (χ1v) is 6.24. The third-order valence-corrected chi connectivity index (χ3v) is 2.97. The van der Waals surface area contributed by atoms with Crippen LogP contribution in [0.2, 0.25) is 0 Å². The molecule has 0 aromatic rings. The van der Waals surface area contributed by atoms with Gasteiger partial charge in [-0.3, -0.25) is 9.59 Å². The molecule has 0 saturated heterocycles. The molecule has 0 aliphatic carbocycles. The molecule has 0 aliphatic heterocycles. The Bertz CT molecular complexity index is 298. The van der Waals surface area contributed by atoms with Gasteiger partial charge in [0, 0.05) is 0 Å². The molecule has 0 unspecified atom stereocenters. The lowest BCUT2D eigenvalue weighted by Gasteiger charge is -2.27. The summed E-state index contributed by atoms with van der Waals surface area (Å²) >= 11 is 0. The molecule has 4 nitrogen and oxygen atoms in total. The number of hydrogen-bond acceptors (Lipinski definition) is 4. The summed E-state index contributed by atoms with van der Waals surface area (Å²) in [4.78, 5) is 24.0. The highest BCUT2D eigenvalue weighted by molar-refractivity contribution is 6.00. The predicted octanol–water partition coefficient (Wildman–Crippen LogP) is 2.87. The van der Waals surface area contributed by atoms with Crippen molar-refractivity contribution in [2.24, 2.45) is 5.41 Å². The summed E-state index contributed by atoms with van der Waals surface area (Å²) in [6, 6.07) is 0. The Morgan fingerprint density at radius 2 is 1.61 bits per heavy atom. The molecular weight excluding hydrogens is 232 g/mol. The van der Waals surface area contributed by atoms with E-state index in [0.29, 0.717) is 12.8 Å².